The standard InChI is InChI=1S/C25H27F3N2O3/c1-15-9-10-18(22(29)32)21(16(15)2)23(3,4)13-24(33,25(26,27)28)14-30-12-11-20(31)17-7-5-6-8-19(17)30/h5-12,33H,13-14H2,1-4H3,(H2,29,32). The van der Waals surface area contributed by atoms with E-state index in [1.807, 2.05) is 0 Å². The van der Waals surface area contributed by atoms with Gasteiger partial charge in [0, 0.05) is 23.2 Å². The lowest BCUT2D eigenvalue weighted by molar-refractivity contribution is -0.271. The number of nitrogens with two attached hydrogens (primary N) is 1. The lowest BCUT2D eigenvalue weighted by Gasteiger charge is -2.40. The van der Waals surface area contributed by atoms with Crippen molar-refractivity contribution in [3.63, 3.8) is 0 Å². The van der Waals surface area contributed by atoms with E-state index >= 15 is 0 Å². The van der Waals surface area contributed by atoms with Crippen molar-refractivity contribution in [1.29, 1.82) is 0 Å². The van der Waals surface area contributed by atoms with Gasteiger partial charge in [0.05, 0.1) is 12.1 Å². The molecule has 1 atom stereocenters. The number of hydrogen-bond acceptors (Lipinski definition) is 3. The summed E-state index contributed by atoms with van der Waals surface area (Å²) in [6.45, 7) is 5.81. The first-order valence-corrected chi connectivity index (χ1v) is 10.5. The number of nitrogens with zero attached hydrogens (tertiary/aromatic N) is 1. The normalized spacial score (nSPS) is 14.3. The van der Waals surface area contributed by atoms with Crippen LogP contribution in [0.3, 0.4) is 0 Å². The molecule has 5 nitrogen and oxygen atoms in total. The molecule has 0 fully saturated rings. The zero-order chi connectivity index (χ0) is 24.8. The SMILES string of the molecule is Cc1ccc(C(N)=O)c(C(C)(C)CC(O)(Cn2ccc(=O)c3ccccc32)C(F)(F)F)c1C. The number of halogens is 3. The number of rotatable bonds is 6. The third kappa shape index (κ3) is 4.53. The number of hydrogen-bond donors (Lipinski definition) is 2. The maximum Gasteiger partial charge on any atom is 0.418 e. The minimum atomic E-state index is -4.99. The molecule has 1 heterocycles. The maximum atomic E-state index is 14.3. The second-order valence-corrected chi connectivity index (χ2v) is 9.21. The zero-order valence-corrected chi connectivity index (χ0v) is 19.0. The van der Waals surface area contributed by atoms with Gasteiger partial charge in [0.2, 0.25) is 5.91 Å². The largest absolute Gasteiger partial charge is 0.418 e. The van der Waals surface area contributed by atoms with E-state index in [0.717, 1.165) is 5.56 Å². The summed E-state index contributed by atoms with van der Waals surface area (Å²) in [6.07, 6.45) is -4.46. The Morgan fingerprint density at radius 1 is 1.06 bits per heavy atom. The molecule has 3 N–H and O–H groups in total. The van der Waals surface area contributed by atoms with Gasteiger partial charge in [0.1, 0.15) is 0 Å². The minimum Gasteiger partial charge on any atom is -0.379 e. The Morgan fingerprint density at radius 2 is 1.70 bits per heavy atom. The fraction of sp³-hybridized carbons (Fsp3) is 0.360. The van der Waals surface area contributed by atoms with Crippen molar-refractivity contribution in [1.82, 2.24) is 4.57 Å². The lowest BCUT2D eigenvalue weighted by atomic mass is 9.71. The third-order valence-electron chi connectivity index (χ3n) is 6.26. The number of aliphatic hydroxyl groups is 1. The Labute approximate surface area is 189 Å². The van der Waals surface area contributed by atoms with E-state index in [9.17, 15) is 27.9 Å². The molecule has 176 valence electrons. The Morgan fingerprint density at radius 3 is 2.30 bits per heavy atom. The van der Waals surface area contributed by atoms with E-state index in [4.69, 9.17) is 5.73 Å². The van der Waals surface area contributed by atoms with Crippen LogP contribution in [-0.2, 0) is 12.0 Å². The van der Waals surface area contributed by atoms with E-state index in [2.05, 4.69) is 0 Å². The van der Waals surface area contributed by atoms with E-state index in [1.165, 1.54) is 35.0 Å². The molecule has 0 saturated heterocycles. The molecule has 0 aliphatic rings. The Bertz CT molecular complexity index is 1280. The van der Waals surface area contributed by atoms with Gasteiger partial charge in [0.15, 0.2) is 11.0 Å². The van der Waals surface area contributed by atoms with Gasteiger partial charge in [-0.1, -0.05) is 32.0 Å². The van der Waals surface area contributed by atoms with Crippen LogP contribution in [0.5, 0.6) is 0 Å². The number of pyridine rings is 1. The first-order chi connectivity index (χ1) is 15.2. The molecule has 33 heavy (non-hydrogen) atoms. The van der Waals surface area contributed by atoms with E-state index < -0.39 is 36.1 Å². The quantitative estimate of drug-likeness (QED) is 0.573. The van der Waals surface area contributed by atoms with Crippen LogP contribution < -0.4 is 11.2 Å². The molecule has 8 heteroatoms. The van der Waals surface area contributed by atoms with Crippen molar-refractivity contribution in [3.05, 3.63) is 81.1 Å². The fourth-order valence-corrected chi connectivity index (χ4v) is 4.64. The van der Waals surface area contributed by atoms with Gasteiger partial charge in [0.25, 0.3) is 0 Å². The van der Waals surface area contributed by atoms with Gasteiger partial charge in [-0.25, -0.2) is 0 Å². The predicted octanol–water partition coefficient (Wildman–Crippen LogP) is 4.38. The number of primary amides is 1. The second-order valence-electron chi connectivity index (χ2n) is 9.21. The summed E-state index contributed by atoms with van der Waals surface area (Å²) in [7, 11) is 0. The summed E-state index contributed by atoms with van der Waals surface area (Å²) in [5.41, 5.74) is 3.02. The monoisotopic (exact) mass is 460 g/mol. The smallest absolute Gasteiger partial charge is 0.379 e. The number of aromatic nitrogens is 1. The molecule has 0 aliphatic heterocycles. The summed E-state index contributed by atoms with van der Waals surface area (Å²) >= 11 is 0. The average Bonchev–Trinajstić information content (AvgIpc) is 2.70. The van der Waals surface area contributed by atoms with Crippen LogP contribution in [0.4, 0.5) is 13.2 Å². The number of carbonyl (C=O) groups is 1. The Kier molecular flexibility index (Phi) is 6.19. The first-order valence-electron chi connectivity index (χ1n) is 10.5. The van der Waals surface area contributed by atoms with E-state index in [1.54, 1.807) is 45.9 Å². The molecule has 0 saturated carbocycles. The summed E-state index contributed by atoms with van der Waals surface area (Å²) in [5.74, 6) is -0.747. The number of fused-ring (bicyclic) bond motifs is 1. The molecule has 0 spiro atoms. The molecule has 0 radical (unpaired) electrons. The van der Waals surface area contributed by atoms with Crippen LogP contribution in [0.25, 0.3) is 10.9 Å². The number of amides is 1. The van der Waals surface area contributed by atoms with Crippen LogP contribution in [0.2, 0.25) is 0 Å². The molecule has 1 aromatic heterocycles. The van der Waals surface area contributed by atoms with Crippen molar-refractivity contribution in [2.24, 2.45) is 5.73 Å². The molecule has 0 aliphatic carbocycles. The molecular formula is C25H27F3N2O3. The van der Waals surface area contributed by atoms with Crippen LogP contribution in [-0.4, -0.2) is 27.4 Å². The molecule has 3 aromatic rings. The van der Waals surface area contributed by atoms with Gasteiger partial charge in [-0.2, -0.15) is 13.2 Å². The minimum absolute atomic E-state index is 0.126. The summed E-state index contributed by atoms with van der Waals surface area (Å²) in [4.78, 5) is 24.2. The predicted molar refractivity (Wildman–Crippen MR) is 121 cm³/mol. The number of benzene rings is 2. The van der Waals surface area contributed by atoms with Crippen molar-refractivity contribution >= 4 is 16.8 Å². The van der Waals surface area contributed by atoms with Crippen molar-refractivity contribution in [3.8, 4) is 0 Å². The van der Waals surface area contributed by atoms with Crippen molar-refractivity contribution in [2.45, 2.75) is 57.9 Å². The highest BCUT2D eigenvalue weighted by molar-refractivity contribution is 5.95. The maximum absolute atomic E-state index is 14.3. The van der Waals surface area contributed by atoms with Crippen molar-refractivity contribution < 1.29 is 23.1 Å². The van der Waals surface area contributed by atoms with E-state index in [-0.39, 0.29) is 21.9 Å². The van der Waals surface area contributed by atoms with E-state index in [0.29, 0.717) is 11.1 Å². The topological polar surface area (TPSA) is 85.3 Å². The molecule has 0 bridgehead atoms. The molecule has 3 rings (SSSR count). The molecular weight excluding hydrogens is 433 g/mol. The molecule has 1 unspecified atom stereocenters. The number of carbonyl (C=O) groups excluding carboxylic acids is 1. The Hall–Kier alpha value is -3.13. The summed E-state index contributed by atoms with van der Waals surface area (Å²) in [5, 5.41) is 11.3. The summed E-state index contributed by atoms with van der Waals surface area (Å²) in [6, 6.07) is 10.7. The van der Waals surface area contributed by atoms with Crippen LogP contribution in [0.15, 0.2) is 53.5 Å². The average molecular weight is 460 g/mol. The Balaban J connectivity index is 2.15. The molecule has 1 amide bonds. The highest BCUT2D eigenvalue weighted by Gasteiger charge is 2.56. The number of aryl methyl sites for hydroxylation is 1. The number of alkyl halides is 3. The van der Waals surface area contributed by atoms with Gasteiger partial charge < -0.3 is 15.4 Å². The van der Waals surface area contributed by atoms with Gasteiger partial charge in [-0.15, -0.1) is 0 Å². The first kappa shape index (κ1) is 24.5. The lowest BCUT2D eigenvalue weighted by Crippen LogP contribution is -2.52. The highest BCUT2D eigenvalue weighted by Crippen LogP contribution is 2.44. The van der Waals surface area contributed by atoms with Gasteiger partial charge in [-0.3, -0.25) is 9.59 Å². The van der Waals surface area contributed by atoms with Gasteiger partial charge in [-0.05, 0) is 60.6 Å². The fourth-order valence-electron chi connectivity index (χ4n) is 4.64. The third-order valence-corrected chi connectivity index (χ3v) is 6.26. The second kappa shape index (κ2) is 8.33. The van der Waals surface area contributed by atoms with Gasteiger partial charge >= 0.3 is 6.18 Å². The molecule has 2 aromatic carbocycles. The zero-order valence-electron chi connectivity index (χ0n) is 19.0. The van der Waals surface area contributed by atoms with Crippen LogP contribution in [0, 0.1) is 13.8 Å². The van der Waals surface area contributed by atoms with Crippen molar-refractivity contribution in [2.75, 3.05) is 0 Å². The highest BCUT2D eigenvalue weighted by atomic mass is 19.4. The van der Waals surface area contributed by atoms with Crippen LogP contribution in [0.1, 0.15) is 47.3 Å². The van der Waals surface area contributed by atoms with Crippen LogP contribution >= 0.6 is 0 Å². The summed E-state index contributed by atoms with van der Waals surface area (Å²) < 4.78 is 44.2. The number of para-hydroxylation sites is 1.